The Hall–Kier alpha value is -2.97. The van der Waals surface area contributed by atoms with Gasteiger partial charge in [-0.15, -0.1) is 0 Å². The van der Waals surface area contributed by atoms with Crippen molar-refractivity contribution in [3.05, 3.63) is 93.3 Å². The van der Waals surface area contributed by atoms with Crippen LogP contribution < -0.4 is 10.2 Å². The molecule has 2 heterocycles. The van der Waals surface area contributed by atoms with E-state index in [2.05, 4.69) is 4.90 Å². The number of nitrogens with zero attached hydrogens (tertiary/aromatic N) is 1. The van der Waals surface area contributed by atoms with Crippen molar-refractivity contribution < 1.29 is 17.8 Å². The predicted octanol–water partition coefficient (Wildman–Crippen LogP) is 3.91. The maximum atomic E-state index is 13.4. The molecule has 1 N–H and O–H groups in total. The first-order chi connectivity index (χ1) is 14.3. The Morgan fingerprint density at radius 1 is 1.13 bits per heavy atom. The minimum Gasteiger partial charge on any atom is -0.482 e. The maximum Gasteiger partial charge on any atom is 0.227 e. The summed E-state index contributed by atoms with van der Waals surface area (Å²) in [6.45, 7) is 1.88. The third kappa shape index (κ3) is 4.60. The zero-order valence-electron chi connectivity index (χ0n) is 16.4. The van der Waals surface area contributed by atoms with Gasteiger partial charge >= 0.3 is 0 Å². The third-order valence-corrected chi connectivity index (χ3v) is 6.13. The van der Waals surface area contributed by atoms with E-state index in [-0.39, 0.29) is 23.6 Å². The van der Waals surface area contributed by atoms with E-state index in [9.17, 15) is 13.4 Å². The molecule has 1 aliphatic rings. The standard InChI is InChI=1S/C22H21FN2O4S/c1-30(24,27)20-6-2-15(3-7-20)13-29-22-14-28-19(9-21(22)26)12-25-10-16-4-5-18(23)8-17(16)11-25/h2-9,14,24H,10-13H2,1H3. The molecule has 0 amide bonds. The Labute approximate surface area is 173 Å². The first-order valence-corrected chi connectivity index (χ1v) is 11.3. The summed E-state index contributed by atoms with van der Waals surface area (Å²) in [5.41, 5.74) is 2.54. The average Bonchev–Trinajstić information content (AvgIpc) is 3.08. The lowest BCUT2D eigenvalue weighted by molar-refractivity contribution is 0.241. The van der Waals surface area contributed by atoms with Crippen molar-refractivity contribution in [1.82, 2.24) is 4.90 Å². The van der Waals surface area contributed by atoms with Gasteiger partial charge in [-0.3, -0.25) is 9.69 Å². The molecule has 0 radical (unpaired) electrons. The van der Waals surface area contributed by atoms with E-state index >= 15 is 0 Å². The largest absolute Gasteiger partial charge is 0.482 e. The molecule has 6 nitrogen and oxygen atoms in total. The number of nitrogens with one attached hydrogen (secondary N) is 1. The molecular weight excluding hydrogens is 407 g/mol. The molecule has 2 aromatic carbocycles. The van der Waals surface area contributed by atoms with Gasteiger partial charge in [0.15, 0.2) is 0 Å². The molecule has 0 bridgehead atoms. The third-order valence-electron chi connectivity index (χ3n) is 4.96. The number of ether oxygens (including phenoxy) is 1. The second-order valence-corrected chi connectivity index (χ2v) is 9.57. The Morgan fingerprint density at radius 2 is 1.87 bits per heavy atom. The number of hydrogen-bond donors (Lipinski definition) is 1. The SMILES string of the molecule is CS(=N)(=O)c1ccc(COc2coc(CN3Cc4ccc(F)cc4C3)cc2=O)cc1. The molecule has 0 saturated carbocycles. The highest BCUT2D eigenvalue weighted by atomic mass is 32.2. The summed E-state index contributed by atoms with van der Waals surface area (Å²) in [6, 6.07) is 12.9. The smallest absolute Gasteiger partial charge is 0.227 e. The number of hydrogen-bond acceptors (Lipinski definition) is 6. The van der Waals surface area contributed by atoms with Crippen LogP contribution in [0.25, 0.3) is 0 Å². The van der Waals surface area contributed by atoms with Crippen LogP contribution in [0.3, 0.4) is 0 Å². The van der Waals surface area contributed by atoms with Crippen LogP contribution in [0.4, 0.5) is 4.39 Å². The van der Waals surface area contributed by atoms with Crippen molar-refractivity contribution in [2.24, 2.45) is 0 Å². The van der Waals surface area contributed by atoms with Crippen LogP contribution in [0, 0.1) is 10.6 Å². The van der Waals surface area contributed by atoms with E-state index in [1.807, 2.05) is 0 Å². The van der Waals surface area contributed by atoms with E-state index in [1.54, 1.807) is 30.3 Å². The Balaban J connectivity index is 1.37. The van der Waals surface area contributed by atoms with Gasteiger partial charge in [0.25, 0.3) is 0 Å². The number of rotatable bonds is 6. The fourth-order valence-electron chi connectivity index (χ4n) is 3.40. The van der Waals surface area contributed by atoms with Crippen molar-refractivity contribution in [3.8, 4) is 5.75 Å². The predicted molar refractivity (Wildman–Crippen MR) is 110 cm³/mol. The summed E-state index contributed by atoms with van der Waals surface area (Å²) in [4.78, 5) is 14.9. The molecule has 1 unspecified atom stereocenters. The van der Waals surface area contributed by atoms with Gasteiger partial charge < -0.3 is 9.15 Å². The minimum absolute atomic E-state index is 0.106. The van der Waals surface area contributed by atoms with Gasteiger partial charge in [0.2, 0.25) is 11.2 Å². The normalized spacial score (nSPS) is 15.5. The second-order valence-electron chi connectivity index (χ2n) is 7.41. The number of benzene rings is 2. The van der Waals surface area contributed by atoms with Crippen LogP contribution in [0.1, 0.15) is 22.5 Å². The molecular formula is C22H21FN2O4S. The molecule has 8 heteroatoms. The number of fused-ring (bicyclic) bond motifs is 1. The quantitative estimate of drug-likeness (QED) is 0.644. The zero-order valence-corrected chi connectivity index (χ0v) is 17.2. The van der Waals surface area contributed by atoms with Crippen molar-refractivity contribution in [2.75, 3.05) is 6.26 Å². The summed E-state index contributed by atoms with van der Waals surface area (Å²) in [5, 5.41) is 0. The molecule has 3 aromatic rings. The van der Waals surface area contributed by atoms with Gasteiger partial charge in [0, 0.05) is 30.3 Å². The zero-order chi connectivity index (χ0) is 21.3. The summed E-state index contributed by atoms with van der Waals surface area (Å²) < 4.78 is 43.8. The molecule has 1 aromatic heterocycles. The van der Waals surface area contributed by atoms with Gasteiger partial charge in [-0.2, -0.15) is 0 Å². The Morgan fingerprint density at radius 3 is 2.57 bits per heavy atom. The lowest BCUT2D eigenvalue weighted by Gasteiger charge is -2.14. The highest BCUT2D eigenvalue weighted by molar-refractivity contribution is 7.91. The summed E-state index contributed by atoms with van der Waals surface area (Å²) in [5.74, 6) is 0.369. The lowest BCUT2D eigenvalue weighted by atomic mass is 10.1. The maximum absolute atomic E-state index is 13.4. The molecule has 156 valence electrons. The lowest BCUT2D eigenvalue weighted by Crippen LogP contribution is -2.17. The minimum atomic E-state index is -2.76. The molecule has 1 atom stereocenters. The first kappa shape index (κ1) is 20.3. The average molecular weight is 428 g/mol. The van der Waals surface area contributed by atoms with Crippen LogP contribution in [0.5, 0.6) is 5.75 Å². The van der Waals surface area contributed by atoms with E-state index in [4.69, 9.17) is 13.9 Å². The van der Waals surface area contributed by atoms with Crippen molar-refractivity contribution >= 4 is 9.73 Å². The summed E-state index contributed by atoms with van der Waals surface area (Å²) in [7, 11) is -2.76. The van der Waals surface area contributed by atoms with Gasteiger partial charge in [0.1, 0.15) is 24.4 Å². The Kier molecular flexibility index (Phi) is 5.44. The van der Waals surface area contributed by atoms with E-state index < -0.39 is 9.73 Å². The van der Waals surface area contributed by atoms with Gasteiger partial charge in [-0.25, -0.2) is 13.4 Å². The van der Waals surface area contributed by atoms with Crippen LogP contribution in [-0.4, -0.2) is 15.4 Å². The summed E-state index contributed by atoms with van der Waals surface area (Å²) >= 11 is 0. The number of halogens is 1. The molecule has 1 aliphatic heterocycles. The van der Waals surface area contributed by atoms with Gasteiger partial charge in [0.05, 0.1) is 16.3 Å². The van der Waals surface area contributed by atoms with Gasteiger partial charge in [-0.05, 0) is 41.0 Å². The van der Waals surface area contributed by atoms with Crippen molar-refractivity contribution in [2.45, 2.75) is 31.1 Å². The van der Waals surface area contributed by atoms with Crippen LogP contribution >= 0.6 is 0 Å². The second kappa shape index (κ2) is 8.04. The molecule has 0 spiro atoms. The highest BCUT2D eigenvalue weighted by Gasteiger charge is 2.20. The van der Waals surface area contributed by atoms with E-state index in [0.29, 0.717) is 30.3 Å². The fraction of sp³-hybridized carbons (Fsp3) is 0.227. The van der Waals surface area contributed by atoms with Crippen LogP contribution in [0.15, 0.2) is 68.9 Å². The molecule has 4 rings (SSSR count). The van der Waals surface area contributed by atoms with Crippen molar-refractivity contribution in [3.63, 3.8) is 0 Å². The van der Waals surface area contributed by atoms with E-state index in [0.717, 1.165) is 16.7 Å². The molecule has 0 fully saturated rings. The monoisotopic (exact) mass is 428 g/mol. The van der Waals surface area contributed by atoms with E-state index in [1.165, 1.54) is 30.7 Å². The molecule has 30 heavy (non-hydrogen) atoms. The molecule has 0 aliphatic carbocycles. The fourth-order valence-corrected chi connectivity index (χ4v) is 4.05. The van der Waals surface area contributed by atoms with Crippen molar-refractivity contribution in [1.29, 1.82) is 4.78 Å². The summed E-state index contributed by atoms with van der Waals surface area (Å²) in [6.07, 6.45) is 2.67. The first-order valence-electron chi connectivity index (χ1n) is 9.35. The highest BCUT2D eigenvalue weighted by Crippen LogP contribution is 2.25. The topological polar surface area (TPSA) is 83.6 Å². The Bertz CT molecular complexity index is 1240. The van der Waals surface area contributed by atoms with Gasteiger partial charge in [-0.1, -0.05) is 18.2 Å². The molecule has 0 saturated heterocycles. The van der Waals surface area contributed by atoms with Crippen LogP contribution in [0.2, 0.25) is 0 Å². The van der Waals surface area contributed by atoms with Crippen LogP contribution in [-0.2, 0) is 36.0 Å².